The third-order valence-electron chi connectivity index (χ3n) is 2.17. The molecule has 0 fully saturated rings. The number of amides is 1. The minimum atomic E-state index is -0.739. The molecule has 0 spiro atoms. The summed E-state index contributed by atoms with van der Waals surface area (Å²) in [6, 6.07) is 3.37. The molecule has 0 heterocycles. The van der Waals surface area contributed by atoms with Crippen molar-refractivity contribution >= 4 is 11.9 Å². The van der Waals surface area contributed by atoms with Crippen molar-refractivity contribution in [2.24, 2.45) is 5.73 Å². The number of rotatable bonds is 6. The first-order valence-electron chi connectivity index (χ1n) is 5.56. The smallest absolute Gasteiger partial charge is 0.341 e. The summed E-state index contributed by atoms with van der Waals surface area (Å²) in [4.78, 5) is 22.7. The Labute approximate surface area is 109 Å². The fourth-order valence-corrected chi connectivity index (χ4v) is 1.30. The average Bonchev–Trinajstić information content (AvgIpc) is 2.42. The van der Waals surface area contributed by atoms with E-state index in [9.17, 15) is 14.0 Å². The monoisotopic (exact) mass is 270 g/mol. The van der Waals surface area contributed by atoms with Crippen molar-refractivity contribution < 1.29 is 23.5 Å². The first-order chi connectivity index (χ1) is 9.08. The van der Waals surface area contributed by atoms with Gasteiger partial charge in [0.1, 0.15) is 17.1 Å². The molecule has 104 valence electrons. The van der Waals surface area contributed by atoms with E-state index in [0.29, 0.717) is 13.1 Å². The van der Waals surface area contributed by atoms with Gasteiger partial charge in [-0.15, -0.1) is 0 Å². The van der Waals surface area contributed by atoms with E-state index >= 15 is 0 Å². The van der Waals surface area contributed by atoms with Gasteiger partial charge in [-0.25, -0.2) is 9.18 Å². The molecule has 0 aliphatic rings. The quantitative estimate of drug-likeness (QED) is 0.714. The standard InChI is InChI=1S/C12H15FN2O4/c1-18-12(17)9-6-8(13)2-3-10(9)19-7-11(16)15-5-4-14/h2-3,6H,4-5,7,14H2,1H3,(H,15,16). The lowest BCUT2D eigenvalue weighted by atomic mass is 10.2. The molecule has 3 N–H and O–H groups in total. The molecule has 7 heteroatoms. The summed E-state index contributed by atoms with van der Waals surface area (Å²) >= 11 is 0. The second-order valence-electron chi connectivity index (χ2n) is 3.56. The van der Waals surface area contributed by atoms with E-state index < -0.39 is 11.8 Å². The molecule has 0 radical (unpaired) electrons. The zero-order chi connectivity index (χ0) is 14.3. The van der Waals surface area contributed by atoms with E-state index in [1.54, 1.807) is 0 Å². The number of methoxy groups -OCH3 is 1. The number of carbonyl (C=O) groups excluding carboxylic acids is 2. The molecule has 0 unspecified atom stereocenters. The van der Waals surface area contributed by atoms with Crippen molar-refractivity contribution in [2.75, 3.05) is 26.8 Å². The summed E-state index contributed by atoms with van der Waals surface area (Å²) in [7, 11) is 1.17. The normalized spacial score (nSPS) is 9.84. The van der Waals surface area contributed by atoms with E-state index in [1.807, 2.05) is 0 Å². The first kappa shape index (κ1) is 14.9. The average molecular weight is 270 g/mol. The van der Waals surface area contributed by atoms with Gasteiger partial charge in [-0.3, -0.25) is 4.79 Å². The summed E-state index contributed by atoms with van der Waals surface area (Å²) in [5, 5.41) is 2.50. The second-order valence-corrected chi connectivity index (χ2v) is 3.56. The molecular formula is C12H15FN2O4. The molecule has 0 saturated heterocycles. The van der Waals surface area contributed by atoms with Crippen LogP contribution in [0.4, 0.5) is 4.39 Å². The van der Waals surface area contributed by atoms with Gasteiger partial charge in [0.25, 0.3) is 5.91 Å². The van der Waals surface area contributed by atoms with E-state index in [-0.39, 0.29) is 23.8 Å². The van der Waals surface area contributed by atoms with Crippen LogP contribution in [0.15, 0.2) is 18.2 Å². The van der Waals surface area contributed by atoms with Gasteiger partial charge in [0, 0.05) is 13.1 Å². The zero-order valence-corrected chi connectivity index (χ0v) is 10.4. The first-order valence-corrected chi connectivity index (χ1v) is 5.56. The number of nitrogens with two attached hydrogens (primary N) is 1. The maximum absolute atomic E-state index is 13.1. The minimum Gasteiger partial charge on any atom is -0.483 e. The Bertz CT molecular complexity index is 465. The maximum Gasteiger partial charge on any atom is 0.341 e. The fourth-order valence-electron chi connectivity index (χ4n) is 1.30. The van der Waals surface area contributed by atoms with Crippen LogP contribution in [0.1, 0.15) is 10.4 Å². The van der Waals surface area contributed by atoms with Gasteiger partial charge >= 0.3 is 5.97 Å². The number of carbonyl (C=O) groups is 2. The van der Waals surface area contributed by atoms with Gasteiger partial charge in [0.05, 0.1) is 7.11 Å². The van der Waals surface area contributed by atoms with Crippen molar-refractivity contribution in [1.82, 2.24) is 5.32 Å². The van der Waals surface area contributed by atoms with Gasteiger partial charge in [-0.05, 0) is 18.2 Å². The summed E-state index contributed by atoms with van der Waals surface area (Å²) in [5.74, 6) is -1.64. The molecule has 0 aliphatic carbocycles. The van der Waals surface area contributed by atoms with Crippen molar-refractivity contribution in [3.8, 4) is 5.75 Å². The minimum absolute atomic E-state index is 0.0749. The van der Waals surface area contributed by atoms with Crippen molar-refractivity contribution in [2.45, 2.75) is 0 Å². The lowest BCUT2D eigenvalue weighted by molar-refractivity contribution is -0.123. The number of ether oxygens (including phenoxy) is 2. The number of hydrogen-bond donors (Lipinski definition) is 2. The number of hydrogen-bond acceptors (Lipinski definition) is 5. The molecule has 6 nitrogen and oxygen atoms in total. The van der Waals surface area contributed by atoms with Crippen LogP contribution in [0.25, 0.3) is 0 Å². The van der Waals surface area contributed by atoms with Gasteiger partial charge in [-0.1, -0.05) is 0 Å². The predicted octanol–water partition coefficient (Wildman–Crippen LogP) is 0.0660. The topological polar surface area (TPSA) is 90.6 Å². The second kappa shape index (κ2) is 7.32. The lowest BCUT2D eigenvalue weighted by Crippen LogP contribution is -2.33. The summed E-state index contributed by atoms with van der Waals surface area (Å²) in [6.45, 7) is 0.348. The number of halogens is 1. The van der Waals surface area contributed by atoms with Crippen LogP contribution in [0.2, 0.25) is 0 Å². The maximum atomic E-state index is 13.1. The Hall–Kier alpha value is -2.15. The third kappa shape index (κ3) is 4.55. The van der Waals surface area contributed by atoms with Gasteiger partial charge in [0.15, 0.2) is 6.61 Å². The highest BCUT2D eigenvalue weighted by Gasteiger charge is 2.15. The summed E-state index contributed by atoms with van der Waals surface area (Å²) < 4.78 is 22.7. The SMILES string of the molecule is COC(=O)c1cc(F)ccc1OCC(=O)NCCN. The molecule has 19 heavy (non-hydrogen) atoms. The molecule has 0 atom stereocenters. The molecule has 0 aromatic heterocycles. The molecule has 1 aromatic rings. The Morgan fingerprint density at radius 3 is 2.79 bits per heavy atom. The highest BCUT2D eigenvalue weighted by Crippen LogP contribution is 2.20. The number of nitrogens with one attached hydrogen (secondary N) is 1. The summed E-state index contributed by atoms with van der Waals surface area (Å²) in [5.41, 5.74) is 5.15. The highest BCUT2D eigenvalue weighted by atomic mass is 19.1. The van der Waals surface area contributed by atoms with E-state index in [2.05, 4.69) is 10.1 Å². The number of esters is 1. The van der Waals surface area contributed by atoms with E-state index in [0.717, 1.165) is 12.1 Å². The molecule has 1 rings (SSSR count). The van der Waals surface area contributed by atoms with Crippen LogP contribution < -0.4 is 15.8 Å². The fraction of sp³-hybridized carbons (Fsp3) is 0.333. The van der Waals surface area contributed by atoms with Crippen molar-refractivity contribution in [3.05, 3.63) is 29.6 Å². The third-order valence-corrected chi connectivity index (χ3v) is 2.17. The number of benzene rings is 1. The molecule has 0 saturated carbocycles. The van der Waals surface area contributed by atoms with Crippen LogP contribution in [0, 0.1) is 5.82 Å². The van der Waals surface area contributed by atoms with Gasteiger partial charge in [-0.2, -0.15) is 0 Å². The van der Waals surface area contributed by atoms with Crippen LogP contribution in [0.3, 0.4) is 0 Å². The van der Waals surface area contributed by atoms with E-state index in [1.165, 1.54) is 13.2 Å². The highest BCUT2D eigenvalue weighted by molar-refractivity contribution is 5.92. The predicted molar refractivity (Wildman–Crippen MR) is 65.3 cm³/mol. The Morgan fingerprint density at radius 2 is 2.16 bits per heavy atom. The Kier molecular flexibility index (Phi) is 5.74. The van der Waals surface area contributed by atoms with E-state index in [4.69, 9.17) is 10.5 Å². The van der Waals surface area contributed by atoms with Crippen LogP contribution >= 0.6 is 0 Å². The molecule has 0 aliphatic heterocycles. The van der Waals surface area contributed by atoms with Crippen LogP contribution in [-0.2, 0) is 9.53 Å². The van der Waals surface area contributed by atoms with Gasteiger partial charge in [0.2, 0.25) is 0 Å². The van der Waals surface area contributed by atoms with Crippen molar-refractivity contribution in [3.63, 3.8) is 0 Å². The van der Waals surface area contributed by atoms with Gasteiger partial charge < -0.3 is 20.5 Å². The Morgan fingerprint density at radius 1 is 1.42 bits per heavy atom. The zero-order valence-electron chi connectivity index (χ0n) is 10.4. The summed E-state index contributed by atoms with van der Waals surface area (Å²) in [6.07, 6.45) is 0. The molecule has 1 aromatic carbocycles. The van der Waals surface area contributed by atoms with Crippen LogP contribution in [0.5, 0.6) is 5.75 Å². The largest absolute Gasteiger partial charge is 0.483 e. The van der Waals surface area contributed by atoms with Crippen LogP contribution in [-0.4, -0.2) is 38.7 Å². The Balaban J connectivity index is 2.72. The molecule has 1 amide bonds. The molecular weight excluding hydrogens is 255 g/mol. The lowest BCUT2D eigenvalue weighted by Gasteiger charge is -2.10. The molecule has 0 bridgehead atoms. The van der Waals surface area contributed by atoms with Crippen molar-refractivity contribution in [1.29, 1.82) is 0 Å².